The highest BCUT2D eigenvalue weighted by Gasteiger charge is 2.21. The van der Waals surface area contributed by atoms with E-state index in [2.05, 4.69) is 17.0 Å². The Hall–Kier alpha value is -2.80. The van der Waals surface area contributed by atoms with Gasteiger partial charge in [0.05, 0.1) is 29.5 Å². The van der Waals surface area contributed by atoms with Crippen LogP contribution in [0.3, 0.4) is 0 Å². The van der Waals surface area contributed by atoms with Gasteiger partial charge < -0.3 is 9.64 Å². The predicted octanol–water partition coefficient (Wildman–Crippen LogP) is 2.94. The van der Waals surface area contributed by atoms with Crippen LogP contribution < -0.4 is 10.5 Å². The van der Waals surface area contributed by atoms with Gasteiger partial charge in [-0.3, -0.25) is 9.36 Å². The van der Waals surface area contributed by atoms with Gasteiger partial charge in [0.25, 0.3) is 5.56 Å². The molecule has 1 aromatic heterocycles. The molecule has 28 heavy (non-hydrogen) atoms. The van der Waals surface area contributed by atoms with Crippen molar-refractivity contribution < 1.29 is 9.53 Å². The molecule has 6 nitrogen and oxygen atoms in total. The van der Waals surface area contributed by atoms with E-state index in [0.29, 0.717) is 29.0 Å². The molecule has 0 spiro atoms. The number of fused-ring (bicyclic) bond motifs is 1. The molecule has 1 aliphatic heterocycles. The number of thioether (sulfide) groups is 1. The van der Waals surface area contributed by atoms with Crippen LogP contribution in [0.5, 0.6) is 0 Å². The maximum Gasteiger partial charge on any atom is 0.337 e. The second-order valence-electron chi connectivity index (χ2n) is 6.63. The molecular formula is C21H21N3O3S. The molecule has 2 heterocycles. The molecule has 0 atom stereocenters. The summed E-state index contributed by atoms with van der Waals surface area (Å²) in [6.45, 7) is 1.41. The fourth-order valence-electron chi connectivity index (χ4n) is 3.35. The standard InChI is InChI=1S/C21H21N3O3S/c1-27-20(26)16-7-8-17-18(13-16)22-21(23-11-12-28-14-23)24(19(17)25)10-9-15-5-3-2-4-6-15/h2-8,13H,9-12,14H2,1H3. The van der Waals surface area contributed by atoms with Gasteiger partial charge in [0.15, 0.2) is 0 Å². The molecule has 0 N–H and O–H groups in total. The first-order chi connectivity index (χ1) is 13.7. The molecule has 2 aromatic carbocycles. The third kappa shape index (κ3) is 3.62. The molecule has 0 unspecified atom stereocenters. The van der Waals surface area contributed by atoms with Crippen molar-refractivity contribution in [1.29, 1.82) is 0 Å². The molecule has 1 fully saturated rings. The van der Waals surface area contributed by atoms with Gasteiger partial charge in [0.1, 0.15) is 0 Å². The average Bonchev–Trinajstić information content (AvgIpc) is 3.27. The third-order valence-corrected chi connectivity index (χ3v) is 5.82. The van der Waals surface area contributed by atoms with Gasteiger partial charge in [-0.2, -0.15) is 0 Å². The highest BCUT2D eigenvalue weighted by atomic mass is 32.2. The summed E-state index contributed by atoms with van der Waals surface area (Å²) in [5.41, 5.74) is 2.02. The second kappa shape index (κ2) is 8.06. The lowest BCUT2D eigenvalue weighted by Crippen LogP contribution is -2.32. The van der Waals surface area contributed by atoms with Crippen LogP contribution in [-0.2, 0) is 17.7 Å². The second-order valence-corrected chi connectivity index (χ2v) is 7.70. The van der Waals surface area contributed by atoms with E-state index < -0.39 is 5.97 Å². The number of esters is 1. The molecule has 0 radical (unpaired) electrons. The van der Waals surface area contributed by atoms with E-state index in [0.717, 1.165) is 24.6 Å². The van der Waals surface area contributed by atoms with Crippen LogP contribution in [0.2, 0.25) is 0 Å². The Labute approximate surface area is 167 Å². The number of hydrogen-bond acceptors (Lipinski definition) is 6. The lowest BCUT2D eigenvalue weighted by Gasteiger charge is -2.21. The minimum absolute atomic E-state index is 0.0794. The number of aromatic nitrogens is 2. The van der Waals surface area contributed by atoms with Gasteiger partial charge >= 0.3 is 5.97 Å². The number of aryl methyl sites for hydroxylation is 1. The maximum atomic E-state index is 13.3. The first-order valence-corrected chi connectivity index (χ1v) is 10.3. The molecule has 0 saturated carbocycles. The summed E-state index contributed by atoms with van der Waals surface area (Å²) >= 11 is 1.82. The summed E-state index contributed by atoms with van der Waals surface area (Å²) in [5, 5.41) is 0.510. The van der Waals surface area contributed by atoms with Gasteiger partial charge in [0.2, 0.25) is 5.95 Å². The Morgan fingerprint density at radius 1 is 1.21 bits per heavy atom. The van der Waals surface area contributed by atoms with E-state index in [-0.39, 0.29) is 5.56 Å². The Morgan fingerprint density at radius 3 is 2.75 bits per heavy atom. The zero-order chi connectivity index (χ0) is 19.5. The number of benzene rings is 2. The van der Waals surface area contributed by atoms with Crippen LogP contribution in [0, 0.1) is 0 Å². The van der Waals surface area contributed by atoms with Crippen LogP contribution in [0.1, 0.15) is 15.9 Å². The quantitative estimate of drug-likeness (QED) is 0.619. The van der Waals surface area contributed by atoms with Crippen LogP contribution in [-0.4, -0.2) is 40.8 Å². The van der Waals surface area contributed by atoms with Crippen molar-refractivity contribution in [1.82, 2.24) is 9.55 Å². The number of carbonyl (C=O) groups excluding carboxylic acids is 1. The van der Waals surface area contributed by atoms with E-state index in [4.69, 9.17) is 9.72 Å². The number of carbonyl (C=O) groups is 1. The fraction of sp³-hybridized carbons (Fsp3) is 0.286. The number of nitrogens with zero attached hydrogens (tertiary/aromatic N) is 3. The maximum absolute atomic E-state index is 13.3. The van der Waals surface area contributed by atoms with Gasteiger partial charge in [-0.1, -0.05) is 30.3 Å². The minimum Gasteiger partial charge on any atom is -0.465 e. The van der Waals surface area contributed by atoms with Gasteiger partial charge in [-0.25, -0.2) is 9.78 Å². The van der Waals surface area contributed by atoms with Crippen molar-refractivity contribution in [3.05, 3.63) is 70.0 Å². The Morgan fingerprint density at radius 2 is 2.04 bits per heavy atom. The Balaban J connectivity index is 1.79. The number of rotatable bonds is 5. The van der Waals surface area contributed by atoms with E-state index in [9.17, 15) is 9.59 Å². The predicted molar refractivity (Wildman–Crippen MR) is 112 cm³/mol. The number of ether oxygens (including phenoxy) is 1. The van der Waals surface area contributed by atoms with E-state index in [1.807, 2.05) is 30.0 Å². The summed E-state index contributed by atoms with van der Waals surface area (Å²) in [4.78, 5) is 32.0. The van der Waals surface area contributed by atoms with Gasteiger partial charge in [-0.15, -0.1) is 11.8 Å². The highest BCUT2D eigenvalue weighted by molar-refractivity contribution is 7.99. The van der Waals surface area contributed by atoms with Crippen molar-refractivity contribution in [3.8, 4) is 0 Å². The fourth-order valence-corrected chi connectivity index (χ4v) is 4.30. The zero-order valence-electron chi connectivity index (χ0n) is 15.6. The number of anilines is 1. The molecule has 1 aliphatic rings. The van der Waals surface area contributed by atoms with E-state index in [1.54, 1.807) is 22.8 Å². The molecule has 0 bridgehead atoms. The topological polar surface area (TPSA) is 64.4 Å². The smallest absolute Gasteiger partial charge is 0.337 e. The monoisotopic (exact) mass is 395 g/mol. The molecule has 1 saturated heterocycles. The first-order valence-electron chi connectivity index (χ1n) is 9.17. The van der Waals surface area contributed by atoms with Crippen LogP contribution in [0.15, 0.2) is 53.3 Å². The summed E-state index contributed by atoms with van der Waals surface area (Å²) in [7, 11) is 1.34. The van der Waals surface area contributed by atoms with Crippen molar-refractivity contribution in [3.63, 3.8) is 0 Å². The average molecular weight is 395 g/mol. The normalized spacial score (nSPS) is 13.8. The van der Waals surface area contributed by atoms with E-state index >= 15 is 0 Å². The van der Waals surface area contributed by atoms with E-state index in [1.165, 1.54) is 12.7 Å². The lowest BCUT2D eigenvalue weighted by atomic mass is 10.1. The highest BCUT2D eigenvalue weighted by Crippen LogP contribution is 2.23. The molecule has 0 aliphatic carbocycles. The molecule has 0 amide bonds. The molecule has 3 aromatic rings. The van der Waals surface area contributed by atoms with Crippen LogP contribution >= 0.6 is 11.8 Å². The van der Waals surface area contributed by atoms with Crippen molar-refractivity contribution in [2.45, 2.75) is 13.0 Å². The molecule has 144 valence electrons. The van der Waals surface area contributed by atoms with Crippen LogP contribution in [0.25, 0.3) is 10.9 Å². The zero-order valence-corrected chi connectivity index (χ0v) is 16.4. The summed E-state index contributed by atoms with van der Waals surface area (Å²) < 4.78 is 6.56. The van der Waals surface area contributed by atoms with Crippen LogP contribution in [0.4, 0.5) is 5.95 Å². The number of hydrogen-bond donors (Lipinski definition) is 0. The molecule has 7 heteroatoms. The van der Waals surface area contributed by atoms with Gasteiger partial charge in [0, 0.05) is 18.8 Å². The first kappa shape index (κ1) is 18.6. The Kier molecular flexibility index (Phi) is 5.34. The largest absolute Gasteiger partial charge is 0.465 e. The third-order valence-electron chi connectivity index (χ3n) is 4.86. The lowest BCUT2D eigenvalue weighted by molar-refractivity contribution is 0.0601. The van der Waals surface area contributed by atoms with Crippen molar-refractivity contribution in [2.75, 3.05) is 30.2 Å². The van der Waals surface area contributed by atoms with Crippen molar-refractivity contribution in [2.24, 2.45) is 0 Å². The molecule has 4 rings (SSSR count). The summed E-state index contributed by atoms with van der Waals surface area (Å²) in [5.74, 6) is 2.05. The number of methoxy groups -OCH3 is 1. The SMILES string of the molecule is COC(=O)c1ccc2c(=O)n(CCc3ccccc3)c(N3CCSC3)nc2c1. The Bertz CT molecular complexity index is 1060. The molecular weight excluding hydrogens is 374 g/mol. The minimum atomic E-state index is -0.435. The summed E-state index contributed by atoms with van der Waals surface area (Å²) in [6, 6.07) is 15.0. The van der Waals surface area contributed by atoms with Gasteiger partial charge in [-0.05, 0) is 30.2 Å². The summed E-state index contributed by atoms with van der Waals surface area (Å²) in [6.07, 6.45) is 0.752. The van der Waals surface area contributed by atoms with Crippen molar-refractivity contribution >= 4 is 34.6 Å².